The van der Waals surface area contributed by atoms with Crippen molar-refractivity contribution < 1.29 is 19.0 Å². The Kier molecular flexibility index (Phi) is 6.77. The topological polar surface area (TPSA) is 109 Å². The van der Waals surface area contributed by atoms with Crippen molar-refractivity contribution in [2.75, 3.05) is 20.8 Å². The fourth-order valence-corrected chi connectivity index (χ4v) is 3.39. The molecule has 10 heteroatoms. The summed E-state index contributed by atoms with van der Waals surface area (Å²) in [6.45, 7) is 2.14. The molecule has 1 amide bonds. The van der Waals surface area contributed by atoms with E-state index in [2.05, 4.69) is 15.4 Å². The van der Waals surface area contributed by atoms with Gasteiger partial charge in [-0.05, 0) is 43.2 Å². The van der Waals surface area contributed by atoms with Crippen molar-refractivity contribution in [2.45, 2.75) is 19.9 Å². The number of carbonyl (C=O) groups excluding carboxylic acids is 1. The number of benzene rings is 2. The summed E-state index contributed by atoms with van der Waals surface area (Å²) in [6, 6.07) is 13.0. The van der Waals surface area contributed by atoms with Crippen LogP contribution in [0.15, 0.2) is 59.7 Å². The van der Waals surface area contributed by atoms with E-state index in [0.29, 0.717) is 30.2 Å². The molecule has 4 aromatic rings. The Hall–Kier alpha value is -4.34. The summed E-state index contributed by atoms with van der Waals surface area (Å²) >= 11 is 0. The Bertz CT molecular complexity index is 1360. The highest BCUT2D eigenvalue weighted by Gasteiger charge is 2.15. The van der Waals surface area contributed by atoms with Gasteiger partial charge >= 0.3 is 5.69 Å². The molecular weight excluding hydrogens is 438 g/mol. The van der Waals surface area contributed by atoms with E-state index in [1.165, 1.54) is 16.8 Å². The molecule has 0 unspecified atom stereocenters. The van der Waals surface area contributed by atoms with Gasteiger partial charge in [0.1, 0.15) is 12.3 Å². The summed E-state index contributed by atoms with van der Waals surface area (Å²) < 4.78 is 18.7. The number of aryl methyl sites for hydroxylation is 1. The van der Waals surface area contributed by atoms with E-state index < -0.39 is 5.69 Å². The van der Waals surface area contributed by atoms with Crippen LogP contribution in [0.25, 0.3) is 5.65 Å². The number of hydrogen-bond donors (Lipinski definition) is 1. The van der Waals surface area contributed by atoms with Gasteiger partial charge in [-0.3, -0.25) is 4.79 Å². The number of fused-ring (bicyclic) bond motifs is 1. The van der Waals surface area contributed by atoms with Gasteiger partial charge in [0.2, 0.25) is 11.6 Å². The molecular formula is C24H25N5O5. The quantitative estimate of drug-likeness (QED) is 0.406. The summed E-state index contributed by atoms with van der Waals surface area (Å²) in [5, 5.41) is 7.07. The second kappa shape index (κ2) is 10.1. The van der Waals surface area contributed by atoms with Gasteiger partial charge in [0, 0.05) is 18.9 Å². The van der Waals surface area contributed by atoms with Crippen LogP contribution in [0.2, 0.25) is 0 Å². The maximum Gasteiger partial charge on any atom is 0.351 e. The zero-order chi connectivity index (χ0) is 24.1. The number of amides is 1. The van der Waals surface area contributed by atoms with Crippen molar-refractivity contribution in [3.05, 3.63) is 76.5 Å². The zero-order valence-electron chi connectivity index (χ0n) is 19.1. The molecule has 0 fully saturated rings. The second-order valence-electron chi connectivity index (χ2n) is 7.57. The summed E-state index contributed by atoms with van der Waals surface area (Å²) in [5.74, 6) is 1.68. The Morgan fingerprint density at radius 3 is 2.56 bits per heavy atom. The minimum Gasteiger partial charge on any atom is -0.493 e. The molecule has 1 N–H and O–H groups in total. The third-order valence-electron chi connectivity index (χ3n) is 5.18. The third-order valence-corrected chi connectivity index (χ3v) is 5.18. The van der Waals surface area contributed by atoms with Crippen molar-refractivity contribution in [3.63, 3.8) is 0 Å². The minimum absolute atomic E-state index is 0.177. The molecule has 10 nitrogen and oxygen atoms in total. The number of nitrogens with one attached hydrogen (secondary N) is 1. The molecule has 0 aliphatic heterocycles. The van der Waals surface area contributed by atoms with Crippen LogP contribution >= 0.6 is 0 Å². The average molecular weight is 463 g/mol. The highest BCUT2D eigenvalue weighted by molar-refractivity contribution is 5.75. The van der Waals surface area contributed by atoms with Crippen molar-refractivity contribution >= 4 is 11.6 Å². The molecule has 2 heterocycles. The van der Waals surface area contributed by atoms with Crippen LogP contribution < -0.4 is 25.2 Å². The monoisotopic (exact) mass is 463 g/mol. The van der Waals surface area contributed by atoms with E-state index in [0.717, 1.165) is 15.8 Å². The van der Waals surface area contributed by atoms with E-state index >= 15 is 0 Å². The zero-order valence-corrected chi connectivity index (χ0v) is 19.1. The molecule has 2 aromatic carbocycles. The lowest BCUT2D eigenvalue weighted by molar-refractivity contribution is -0.121. The highest BCUT2D eigenvalue weighted by atomic mass is 16.5. The second-order valence-corrected chi connectivity index (χ2v) is 7.57. The Morgan fingerprint density at radius 1 is 1.06 bits per heavy atom. The normalized spacial score (nSPS) is 10.8. The molecule has 0 saturated heterocycles. The van der Waals surface area contributed by atoms with E-state index in [-0.39, 0.29) is 24.0 Å². The number of methoxy groups -OCH3 is 2. The van der Waals surface area contributed by atoms with Gasteiger partial charge in [-0.25, -0.2) is 18.9 Å². The first kappa shape index (κ1) is 22.8. The lowest BCUT2D eigenvalue weighted by Gasteiger charge is -2.10. The minimum atomic E-state index is -0.457. The van der Waals surface area contributed by atoms with Crippen molar-refractivity contribution in [3.8, 4) is 23.1 Å². The van der Waals surface area contributed by atoms with Gasteiger partial charge in [-0.15, -0.1) is 5.10 Å². The first-order chi connectivity index (χ1) is 16.5. The van der Waals surface area contributed by atoms with Gasteiger partial charge in [0.25, 0.3) is 5.88 Å². The third kappa shape index (κ3) is 5.01. The van der Waals surface area contributed by atoms with Crippen molar-refractivity contribution in [1.82, 2.24) is 24.5 Å². The van der Waals surface area contributed by atoms with Crippen LogP contribution in [0.4, 0.5) is 0 Å². The van der Waals surface area contributed by atoms with Crippen LogP contribution in [-0.4, -0.2) is 45.8 Å². The predicted octanol–water partition coefficient (Wildman–Crippen LogP) is 2.37. The number of aromatic nitrogens is 4. The maximum atomic E-state index is 12.7. The van der Waals surface area contributed by atoms with Crippen LogP contribution in [0.3, 0.4) is 0 Å². The Balaban J connectivity index is 1.42. The van der Waals surface area contributed by atoms with E-state index in [1.54, 1.807) is 14.2 Å². The van der Waals surface area contributed by atoms with Crippen molar-refractivity contribution in [1.29, 1.82) is 0 Å². The fourth-order valence-electron chi connectivity index (χ4n) is 3.39. The molecule has 0 atom stereocenters. The van der Waals surface area contributed by atoms with Gasteiger partial charge in [-0.1, -0.05) is 23.8 Å². The molecule has 2 aromatic heterocycles. The van der Waals surface area contributed by atoms with Gasteiger partial charge in [-0.2, -0.15) is 0 Å². The molecule has 0 radical (unpaired) electrons. The highest BCUT2D eigenvalue weighted by Crippen LogP contribution is 2.27. The lowest BCUT2D eigenvalue weighted by Crippen LogP contribution is -2.33. The smallest absolute Gasteiger partial charge is 0.351 e. The summed E-state index contributed by atoms with van der Waals surface area (Å²) in [6.07, 6.45) is 3.52. The number of nitrogens with zero attached hydrogens (tertiary/aromatic N) is 4. The number of ether oxygens (including phenoxy) is 3. The number of carbonyl (C=O) groups is 1. The molecule has 0 aliphatic rings. The van der Waals surface area contributed by atoms with E-state index in [1.807, 2.05) is 49.4 Å². The lowest BCUT2D eigenvalue weighted by atomic mass is 10.1. The summed E-state index contributed by atoms with van der Waals surface area (Å²) in [4.78, 5) is 29.4. The van der Waals surface area contributed by atoms with E-state index in [9.17, 15) is 9.59 Å². The molecule has 0 aliphatic carbocycles. The maximum absolute atomic E-state index is 12.7. The van der Waals surface area contributed by atoms with Crippen LogP contribution in [0, 0.1) is 6.92 Å². The average Bonchev–Trinajstić information content (AvgIpc) is 3.16. The molecule has 4 rings (SSSR count). The Labute approximate surface area is 195 Å². The Morgan fingerprint density at radius 2 is 1.82 bits per heavy atom. The molecule has 0 spiro atoms. The standard InChI is InChI=1S/C24H25N5O5/c1-16-4-7-18(8-5-16)34-23-22-27-29(24(31)28(22)13-12-26-23)15-21(30)25-11-10-17-6-9-19(32-2)20(14-17)33-3/h4-9,12-14H,10-11,15H2,1-3H3,(H,25,30). The molecule has 0 bridgehead atoms. The van der Waals surface area contributed by atoms with E-state index in [4.69, 9.17) is 14.2 Å². The fraction of sp³-hybridized carbons (Fsp3) is 0.250. The van der Waals surface area contributed by atoms with Crippen molar-refractivity contribution in [2.24, 2.45) is 0 Å². The van der Waals surface area contributed by atoms with Gasteiger partial charge in [0.05, 0.1) is 14.2 Å². The van der Waals surface area contributed by atoms with Gasteiger partial charge < -0.3 is 19.5 Å². The predicted molar refractivity (Wildman–Crippen MR) is 125 cm³/mol. The largest absolute Gasteiger partial charge is 0.493 e. The molecule has 0 saturated carbocycles. The molecule has 176 valence electrons. The number of hydrogen-bond acceptors (Lipinski definition) is 7. The van der Waals surface area contributed by atoms with Crippen LogP contribution in [0.5, 0.6) is 23.1 Å². The first-order valence-electron chi connectivity index (χ1n) is 10.6. The summed E-state index contributed by atoms with van der Waals surface area (Å²) in [5.41, 5.74) is 1.84. The van der Waals surface area contributed by atoms with Gasteiger partial charge in [0.15, 0.2) is 11.5 Å². The summed E-state index contributed by atoms with van der Waals surface area (Å²) in [7, 11) is 3.15. The molecule has 34 heavy (non-hydrogen) atoms. The SMILES string of the molecule is COc1ccc(CCNC(=O)Cn2nc3c(Oc4ccc(C)cc4)nccn3c2=O)cc1OC. The van der Waals surface area contributed by atoms with Crippen LogP contribution in [0.1, 0.15) is 11.1 Å². The first-order valence-corrected chi connectivity index (χ1v) is 10.6. The number of rotatable bonds is 9. The van der Waals surface area contributed by atoms with Crippen LogP contribution in [-0.2, 0) is 17.8 Å².